The van der Waals surface area contributed by atoms with Gasteiger partial charge < -0.3 is 18.6 Å². The van der Waals surface area contributed by atoms with Crippen molar-refractivity contribution in [2.75, 3.05) is 9.80 Å². The average molecular weight is 1160 g/mol. The summed E-state index contributed by atoms with van der Waals surface area (Å²) in [5.74, 6) is 0.985. The lowest BCUT2D eigenvalue weighted by Gasteiger charge is -2.35. The number of hydrogen-bond donors (Lipinski definition) is 0. The first-order chi connectivity index (χ1) is 44.4. The lowest BCUT2D eigenvalue weighted by molar-refractivity contribution is 0.442. The van der Waals surface area contributed by atoms with Crippen LogP contribution in [0.15, 0.2) is 251 Å². The van der Waals surface area contributed by atoms with E-state index in [1.807, 2.05) is 0 Å². The van der Waals surface area contributed by atoms with Crippen LogP contribution in [-0.2, 0) is 10.8 Å². The first-order valence-electron chi connectivity index (χ1n) is 33.1. The van der Waals surface area contributed by atoms with Gasteiger partial charge in [0.25, 0.3) is 0 Å². The Balaban J connectivity index is 0.921. The largest absolute Gasteiger partial charge is 0.454 e. The minimum absolute atomic E-state index is 0.413. The van der Waals surface area contributed by atoms with Gasteiger partial charge in [0, 0.05) is 49.6 Å². The van der Waals surface area contributed by atoms with Gasteiger partial charge in [-0.25, -0.2) is 0 Å². The molecule has 0 N–H and O–H groups in total. The molecule has 2 fully saturated rings. The summed E-state index contributed by atoms with van der Waals surface area (Å²) in [7, 11) is 0. The fourth-order valence-electron chi connectivity index (χ4n) is 18.1. The molecule has 2 saturated carbocycles. The molecule has 5 aliphatic rings. The van der Waals surface area contributed by atoms with Crippen molar-refractivity contribution in [3.8, 4) is 33.4 Å². The van der Waals surface area contributed by atoms with Crippen molar-refractivity contribution in [1.29, 1.82) is 0 Å². The third-order valence-corrected chi connectivity index (χ3v) is 22.0. The zero-order valence-electron chi connectivity index (χ0n) is 51.0. The molecule has 1 unspecified atom stereocenters. The number of fused-ring (bicyclic) bond motifs is 22. The smallest absolute Gasteiger partial charge is 0.159 e. The monoisotopic (exact) mass is 1160 g/mol. The molecule has 4 nitrogen and oxygen atoms in total. The van der Waals surface area contributed by atoms with E-state index in [1.54, 1.807) is 0 Å². The minimum Gasteiger partial charge on any atom is -0.454 e. The fourth-order valence-corrected chi connectivity index (χ4v) is 18.1. The van der Waals surface area contributed by atoms with E-state index in [-0.39, 0.29) is 0 Å². The van der Waals surface area contributed by atoms with Crippen molar-refractivity contribution in [3.63, 3.8) is 0 Å². The normalized spacial score (nSPS) is 17.3. The molecule has 0 saturated heterocycles. The van der Waals surface area contributed by atoms with Gasteiger partial charge >= 0.3 is 0 Å². The number of anilines is 6. The van der Waals surface area contributed by atoms with Crippen LogP contribution in [0.4, 0.5) is 34.1 Å². The average Bonchev–Trinajstić information content (AvgIpc) is 1.49. The van der Waals surface area contributed by atoms with Crippen molar-refractivity contribution in [2.24, 2.45) is 0 Å². The standard InChI is InChI=1S/C86H68N2O2/c1-85(2)69-43-19-17-35-66(69)79-76(88(57-32-13-6-14-33-57)75-46-24-42-65-63-40-22-38-61(82(63)90-84(65)75)54-27-9-4-10-28-54)52-73-78(80(79)85)68-49-48-58(51-72(68)86(73)70-44-20-18-36-67(70)77-59-34-16-15-29-55(59)47-50-71(77)86)87(56-30-11-5-12-31-56)74-45-23-41-64-62-39-21-37-60(81(62)89-83(64)74)53-25-7-3-8-26-53/h5-6,11-24,29-54H,3-4,7-10,25-28H2,1-2H3. The van der Waals surface area contributed by atoms with Gasteiger partial charge in [-0.05, 0) is 175 Å². The van der Waals surface area contributed by atoms with Crippen LogP contribution in [0.1, 0.15) is 134 Å². The Hall–Kier alpha value is -9.90. The molecule has 12 aromatic carbocycles. The van der Waals surface area contributed by atoms with Crippen molar-refractivity contribution in [3.05, 3.63) is 287 Å². The van der Waals surface area contributed by atoms with Crippen LogP contribution < -0.4 is 9.80 Å². The molecule has 2 heterocycles. The topological polar surface area (TPSA) is 32.8 Å². The highest BCUT2D eigenvalue weighted by atomic mass is 16.3. The molecule has 4 heteroatoms. The third-order valence-electron chi connectivity index (χ3n) is 22.0. The van der Waals surface area contributed by atoms with Crippen LogP contribution >= 0.6 is 0 Å². The Kier molecular flexibility index (Phi) is 11.5. The second kappa shape index (κ2) is 19.8. The summed E-state index contributed by atoms with van der Waals surface area (Å²) in [5.41, 5.74) is 27.4. The Morgan fingerprint density at radius 1 is 0.322 bits per heavy atom. The predicted octanol–water partition coefficient (Wildman–Crippen LogP) is 24.3. The van der Waals surface area contributed by atoms with Gasteiger partial charge in [-0.15, -0.1) is 0 Å². The van der Waals surface area contributed by atoms with E-state index in [2.05, 4.69) is 266 Å². The molecule has 1 atom stereocenters. The molecule has 90 heavy (non-hydrogen) atoms. The van der Waals surface area contributed by atoms with Crippen molar-refractivity contribution in [2.45, 2.75) is 101 Å². The zero-order valence-corrected chi connectivity index (χ0v) is 51.0. The maximum atomic E-state index is 7.52. The summed E-state index contributed by atoms with van der Waals surface area (Å²) < 4.78 is 14.9. The third kappa shape index (κ3) is 7.25. The molecule has 14 aromatic rings. The van der Waals surface area contributed by atoms with E-state index in [0.29, 0.717) is 11.8 Å². The van der Waals surface area contributed by atoms with E-state index in [0.717, 1.165) is 67.2 Å². The van der Waals surface area contributed by atoms with Crippen LogP contribution in [0, 0.1) is 0 Å². The van der Waals surface area contributed by atoms with Gasteiger partial charge in [-0.1, -0.05) is 240 Å². The SMILES string of the molecule is CC1(C)c2ccccc2-c2c(N(c3ccccc3)c3cccc4c3oc3c(C5CCCCC5)cccc34)cc3c(c21)-c1ccc(N(c2ccccc2)c2cccc4c2oc2c(C5CCCCC5)cccc24)cc1C31c2ccccc2-c2c1ccc1ccccc21. The molecule has 0 aliphatic heterocycles. The Morgan fingerprint density at radius 2 is 0.822 bits per heavy atom. The quantitative estimate of drug-likeness (QED) is 0.152. The molecule has 0 amide bonds. The van der Waals surface area contributed by atoms with E-state index in [4.69, 9.17) is 8.83 Å². The zero-order chi connectivity index (χ0) is 59.4. The van der Waals surface area contributed by atoms with Crippen molar-refractivity contribution in [1.82, 2.24) is 0 Å². The molecule has 2 aromatic heterocycles. The van der Waals surface area contributed by atoms with Crippen LogP contribution in [0.25, 0.3) is 88.0 Å². The van der Waals surface area contributed by atoms with E-state index < -0.39 is 10.8 Å². The molecular weight excluding hydrogens is 1090 g/mol. The summed E-state index contributed by atoms with van der Waals surface area (Å²) in [4.78, 5) is 5.04. The van der Waals surface area contributed by atoms with Gasteiger partial charge in [-0.2, -0.15) is 0 Å². The van der Waals surface area contributed by atoms with Gasteiger partial charge in [0.15, 0.2) is 11.2 Å². The van der Waals surface area contributed by atoms with E-state index in [1.165, 1.54) is 164 Å². The second-order valence-corrected chi connectivity index (χ2v) is 26.9. The minimum atomic E-state index is -0.767. The van der Waals surface area contributed by atoms with E-state index >= 15 is 0 Å². The van der Waals surface area contributed by atoms with Crippen molar-refractivity contribution < 1.29 is 8.83 Å². The molecule has 5 aliphatic carbocycles. The highest BCUT2D eigenvalue weighted by Crippen LogP contribution is 2.69. The van der Waals surface area contributed by atoms with Crippen LogP contribution in [0.5, 0.6) is 0 Å². The highest BCUT2D eigenvalue weighted by molar-refractivity contribution is 6.15. The first kappa shape index (κ1) is 52.1. The molecule has 434 valence electrons. The highest BCUT2D eigenvalue weighted by Gasteiger charge is 2.56. The summed E-state index contributed by atoms with van der Waals surface area (Å²) >= 11 is 0. The fraction of sp³-hybridized carbons (Fsp3) is 0.186. The number of benzene rings is 12. The van der Waals surface area contributed by atoms with Crippen LogP contribution in [0.2, 0.25) is 0 Å². The Labute approximate surface area is 525 Å². The van der Waals surface area contributed by atoms with Gasteiger partial charge in [0.05, 0.1) is 22.5 Å². The number of furan rings is 2. The molecule has 19 rings (SSSR count). The summed E-state index contributed by atoms with van der Waals surface area (Å²) in [6.07, 6.45) is 12.5. The van der Waals surface area contributed by atoms with Gasteiger partial charge in [0.2, 0.25) is 0 Å². The second-order valence-electron chi connectivity index (χ2n) is 26.9. The van der Waals surface area contributed by atoms with Crippen LogP contribution in [0.3, 0.4) is 0 Å². The number of nitrogens with zero attached hydrogens (tertiary/aromatic N) is 2. The summed E-state index contributed by atoms with van der Waals surface area (Å²) in [6.45, 7) is 4.96. The Morgan fingerprint density at radius 3 is 1.46 bits per heavy atom. The number of para-hydroxylation sites is 6. The van der Waals surface area contributed by atoms with Crippen molar-refractivity contribution >= 4 is 88.8 Å². The van der Waals surface area contributed by atoms with E-state index in [9.17, 15) is 0 Å². The van der Waals surface area contributed by atoms with Gasteiger partial charge in [0.1, 0.15) is 11.2 Å². The molecular formula is C86H68N2O2. The summed E-state index contributed by atoms with van der Waals surface area (Å²) in [6, 6.07) is 92.2. The number of hydrogen-bond acceptors (Lipinski definition) is 4. The molecule has 0 bridgehead atoms. The lowest BCUT2D eigenvalue weighted by Crippen LogP contribution is -2.27. The first-order valence-corrected chi connectivity index (χ1v) is 33.1. The lowest BCUT2D eigenvalue weighted by atomic mass is 9.69. The maximum absolute atomic E-state index is 7.52. The Bertz CT molecular complexity index is 5270. The predicted molar refractivity (Wildman–Crippen MR) is 373 cm³/mol. The molecule has 0 radical (unpaired) electrons. The maximum Gasteiger partial charge on any atom is 0.159 e. The van der Waals surface area contributed by atoms with Crippen LogP contribution in [-0.4, -0.2) is 0 Å². The van der Waals surface area contributed by atoms with Gasteiger partial charge in [-0.3, -0.25) is 0 Å². The summed E-state index contributed by atoms with van der Waals surface area (Å²) in [5, 5.41) is 7.18. The number of rotatable bonds is 8. The molecule has 1 spiro atoms.